The lowest BCUT2D eigenvalue weighted by atomic mass is 10.1. The molecule has 2 saturated heterocycles. The highest BCUT2D eigenvalue weighted by Gasteiger charge is 2.36. The summed E-state index contributed by atoms with van der Waals surface area (Å²) in [5.41, 5.74) is 2.11. The van der Waals surface area contributed by atoms with Crippen LogP contribution in [0.15, 0.2) is 54.1 Å². The first kappa shape index (κ1) is 18.7. The average molecular weight is 391 g/mol. The molecular formula is C22H21N3O4. The van der Waals surface area contributed by atoms with Crippen molar-refractivity contribution >= 4 is 35.3 Å². The van der Waals surface area contributed by atoms with Crippen LogP contribution in [0.2, 0.25) is 0 Å². The quantitative estimate of drug-likeness (QED) is 0.640. The van der Waals surface area contributed by atoms with Crippen molar-refractivity contribution < 1.29 is 19.1 Å². The van der Waals surface area contributed by atoms with E-state index in [9.17, 15) is 14.4 Å². The van der Waals surface area contributed by atoms with E-state index in [-0.39, 0.29) is 5.57 Å². The van der Waals surface area contributed by atoms with E-state index in [1.54, 1.807) is 24.3 Å². The number of rotatable bonds is 4. The minimum absolute atomic E-state index is 0.0886. The van der Waals surface area contributed by atoms with Gasteiger partial charge in [-0.1, -0.05) is 12.1 Å². The summed E-state index contributed by atoms with van der Waals surface area (Å²) >= 11 is 0. The Hall–Kier alpha value is -3.61. The zero-order valence-electron chi connectivity index (χ0n) is 16.1. The molecule has 0 unspecified atom stereocenters. The maximum absolute atomic E-state index is 12.9. The minimum atomic E-state index is -0.772. The van der Waals surface area contributed by atoms with E-state index in [0.29, 0.717) is 11.4 Å². The van der Waals surface area contributed by atoms with E-state index >= 15 is 0 Å². The van der Waals surface area contributed by atoms with Crippen LogP contribution >= 0.6 is 0 Å². The van der Waals surface area contributed by atoms with Crippen LogP contribution in [0.4, 0.5) is 16.2 Å². The number of ether oxygens (including phenoxy) is 1. The van der Waals surface area contributed by atoms with Crippen molar-refractivity contribution in [1.29, 1.82) is 0 Å². The molecule has 7 heteroatoms. The van der Waals surface area contributed by atoms with E-state index in [0.717, 1.165) is 29.2 Å². The lowest BCUT2D eigenvalue weighted by Crippen LogP contribution is -2.54. The third-order valence-corrected chi connectivity index (χ3v) is 5.11. The smallest absolute Gasteiger partial charge is 0.335 e. The van der Waals surface area contributed by atoms with Crippen molar-refractivity contribution in [3.05, 3.63) is 59.7 Å². The number of carbonyl (C=O) groups is 3. The second-order valence-corrected chi connectivity index (χ2v) is 6.94. The molecule has 1 N–H and O–H groups in total. The predicted octanol–water partition coefficient (Wildman–Crippen LogP) is 2.96. The van der Waals surface area contributed by atoms with Crippen LogP contribution in [0.25, 0.3) is 6.08 Å². The fourth-order valence-corrected chi connectivity index (χ4v) is 3.55. The van der Waals surface area contributed by atoms with Gasteiger partial charge in [0.15, 0.2) is 0 Å². The van der Waals surface area contributed by atoms with E-state index < -0.39 is 17.8 Å². The van der Waals surface area contributed by atoms with Crippen LogP contribution in [0.3, 0.4) is 0 Å². The summed E-state index contributed by atoms with van der Waals surface area (Å²) in [5, 5.41) is 2.23. The van der Waals surface area contributed by atoms with Gasteiger partial charge in [-0.3, -0.25) is 14.9 Å². The second-order valence-electron chi connectivity index (χ2n) is 6.94. The Morgan fingerprint density at radius 1 is 0.897 bits per heavy atom. The van der Waals surface area contributed by atoms with Gasteiger partial charge in [-0.15, -0.1) is 0 Å². The average Bonchev–Trinajstić information content (AvgIpc) is 3.27. The highest BCUT2D eigenvalue weighted by atomic mass is 16.5. The van der Waals surface area contributed by atoms with E-state index in [4.69, 9.17) is 4.74 Å². The molecule has 0 saturated carbocycles. The highest BCUT2D eigenvalue weighted by Crippen LogP contribution is 2.25. The normalized spacial score (nSPS) is 18.4. The van der Waals surface area contributed by atoms with Gasteiger partial charge in [0.2, 0.25) is 0 Å². The number of amides is 4. The van der Waals surface area contributed by atoms with Crippen LogP contribution in [0, 0.1) is 0 Å². The number of urea groups is 1. The molecule has 2 aliphatic rings. The fourth-order valence-electron chi connectivity index (χ4n) is 3.55. The number of hydrogen-bond acceptors (Lipinski definition) is 5. The van der Waals surface area contributed by atoms with Crippen LogP contribution in [0.1, 0.15) is 18.4 Å². The lowest BCUT2D eigenvalue weighted by molar-refractivity contribution is -0.122. The number of methoxy groups -OCH3 is 1. The Bertz CT molecular complexity index is 974. The van der Waals surface area contributed by atoms with Gasteiger partial charge in [0, 0.05) is 18.8 Å². The maximum atomic E-state index is 12.9. The molecule has 0 radical (unpaired) electrons. The number of benzene rings is 2. The van der Waals surface area contributed by atoms with Gasteiger partial charge in [0.05, 0.1) is 12.8 Å². The number of barbiturate groups is 1. The molecule has 148 valence electrons. The third kappa shape index (κ3) is 3.71. The molecule has 29 heavy (non-hydrogen) atoms. The summed E-state index contributed by atoms with van der Waals surface area (Å²) in [6, 6.07) is 13.4. The van der Waals surface area contributed by atoms with Gasteiger partial charge in [0.25, 0.3) is 11.8 Å². The zero-order chi connectivity index (χ0) is 20.4. The van der Waals surface area contributed by atoms with Crippen molar-refractivity contribution in [3.8, 4) is 5.75 Å². The van der Waals surface area contributed by atoms with Crippen LogP contribution < -0.4 is 19.9 Å². The van der Waals surface area contributed by atoms with Gasteiger partial charge in [0.1, 0.15) is 11.3 Å². The van der Waals surface area contributed by atoms with Gasteiger partial charge in [-0.2, -0.15) is 0 Å². The molecular weight excluding hydrogens is 370 g/mol. The number of imide groups is 2. The first-order valence-corrected chi connectivity index (χ1v) is 9.47. The first-order chi connectivity index (χ1) is 14.1. The highest BCUT2D eigenvalue weighted by molar-refractivity contribution is 6.39. The Kier molecular flexibility index (Phi) is 5.03. The maximum Gasteiger partial charge on any atom is 0.335 e. The van der Waals surface area contributed by atoms with Gasteiger partial charge in [-0.05, 0) is 60.9 Å². The standard InChI is InChI=1S/C22H21N3O4/c1-29-18-10-8-17(9-11-18)25-21(27)19(20(26)23-22(25)28)14-15-4-6-16(7-5-15)24-12-2-3-13-24/h4-11,14H,2-3,12-13H2,1H3,(H,23,26,28)/b19-14-. The van der Waals surface area contributed by atoms with Gasteiger partial charge in [-0.25, -0.2) is 9.69 Å². The van der Waals surface area contributed by atoms with Crippen LogP contribution in [-0.2, 0) is 9.59 Å². The molecule has 0 atom stereocenters. The first-order valence-electron chi connectivity index (χ1n) is 9.47. The molecule has 0 bridgehead atoms. The van der Waals surface area contributed by atoms with E-state index in [1.807, 2.05) is 24.3 Å². The van der Waals surface area contributed by atoms with Crippen molar-refractivity contribution in [3.63, 3.8) is 0 Å². The largest absolute Gasteiger partial charge is 0.497 e. The number of carbonyl (C=O) groups excluding carboxylic acids is 3. The number of nitrogens with one attached hydrogen (secondary N) is 1. The molecule has 4 rings (SSSR count). The molecule has 2 aromatic carbocycles. The summed E-state index contributed by atoms with van der Waals surface area (Å²) in [7, 11) is 1.53. The SMILES string of the molecule is COc1ccc(N2C(=O)NC(=O)/C(=C/c3ccc(N4CCCC4)cc3)C2=O)cc1. The summed E-state index contributed by atoms with van der Waals surface area (Å²) < 4.78 is 5.10. The lowest BCUT2D eigenvalue weighted by Gasteiger charge is -2.26. The van der Waals surface area contributed by atoms with Gasteiger partial charge < -0.3 is 9.64 Å². The number of anilines is 2. The second kappa shape index (κ2) is 7.79. The molecule has 7 nitrogen and oxygen atoms in total. The molecule has 4 amide bonds. The van der Waals surface area contributed by atoms with Crippen molar-refractivity contribution in [2.24, 2.45) is 0 Å². The Balaban J connectivity index is 1.60. The van der Waals surface area contributed by atoms with Crippen molar-refractivity contribution in [1.82, 2.24) is 5.32 Å². The van der Waals surface area contributed by atoms with Gasteiger partial charge >= 0.3 is 6.03 Å². The molecule has 2 fully saturated rings. The zero-order valence-corrected chi connectivity index (χ0v) is 16.1. The Morgan fingerprint density at radius 3 is 2.14 bits per heavy atom. The summed E-state index contributed by atoms with van der Waals surface area (Å²) in [4.78, 5) is 40.7. The predicted molar refractivity (Wildman–Crippen MR) is 110 cm³/mol. The molecule has 0 aliphatic carbocycles. The van der Waals surface area contributed by atoms with Crippen LogP contribution in [-0.4, -0.2) is 38.0 Å². The number of hydrogen-bond donors (Lipinski definition) is 1. The van der Waals surface area contributed by atoms with E-state index in [2.05, 4.69) is 10.2 Å². The third-order valence-electron chi connectivity index (χ3n) is 5.11. The molecule has 2 aromatic rings. The molecule has 2 aliphatic heterocycles. The molecule has 0 spiro atoms. The Morgan fingerprint density at radius 2 is 1.52 bits per heavy atom. The van der Waals surface area contributed by atoms with Crippen molar-refractivity contribution in [2.45, 2.75) is 12.8 Å². The molecule has 2 heterocycles. The number of nitrogens with zero attached hydrogens (tertiary/aromatic N) is 2. The molecule has 0 aromatic heterocycles. The monoisotopic (exact) mass is 391 g/mol. The summed E-state index contributed by atoms with van der Waals surface area (Å²) in [6.45, 7) is 2.08. The van der Waals surface area contributed by atoms with Crippen molar-refractivity contribution in [2.75, 3.05) is 30.0 Å². The summed E-state index contributed by atoms with van der Waals surface area (Å²) in [6.07, 6.45) is 3.89. The van der Waals surface area contributed by atoms with Crippen LogP contribution in [0.5, 0.6) is 5.75 Å². The van der Waals surface area contributed by atoms with E-state index in [1.165, 1.54) is 26.0 Å². The Labute approximate surface area is 168 Å². The fraction of sp³-hybridized carbons (Fsp3) is 0.227. The topological polar surface area (TPSA) is 79.0 Å². The minimum Gasteiger partial charge on any atom is -0.497 e. The summed E-state index contributed by atoms with van der Waals surface area (Å²) in [5.74, 6) is -0.760.